The second-order valence-electron chi connectivity index (χ2n) is 5.50. The van der Waals surface area contributed by atoms with Crippen LogP contribution < -0.4 is 5.73 Å². The van der Waals surface area contributed by atoms with E-state index in [4.69, 9.17) is 5.73 Å². The summed E-state index contributed by atoms with van der Waals surface area (Å²) in [5.74, 6) is 1.72. The number of nitrogens with zero attached hydrogens (tertiary/aromatic N) is 1. The summed E-state index contributed by atoms with van der Waals surface area (Å²) >= 11 is 0. The SMILES string of the molecule is CC(C)Cc1cnc(CC(C)(C)CN)[nH]1. The van der Waals surface area contributed by atoms with Gasteiger partial charge in [-0.3, -0.25) is 0 Å². The van der Waals surface area contributed by atoms with E-state index in [2.05, 4.69) is 37.7 Å². The van der Waals surface area contributed by atoms with Crippen molar-refractivity contribution >= 4 is 0 Å². The fourth-order valence-electron chi connectivity index (χ4n) is 1.56. The Kier molecular flexibility index (Phi) is 3.91. The number of rotatable bonds is 5. The van der Waals surface area contributed by atoms with Crippen LogP contribution in [0.3, 0.4) is 0 Å². The zero-order valence-corrected chi connectivity index (χ0v) is 10.3. The molecule has 0 amide bonds. The Morgan fingerprint density at radius 1 is 1.47 bits per heavy atom. The van der Waals surface area contributed by atoms with Gasteiger partial charge in [-0.2, -0.15) is 0 Å². The van der Waals surface area contributed by atoms with Gasteiger partial charge in [-0.05, 0) is 24.3 Å². The number of hydrogen-bond acceptors (Lipinski definition) is 2. The van der Waals surface area contributed by atoms with Gasteiger partial charge in [0, 0.05) is 18.3 Å². The van der Waals surface area contributed by atoms with Gasteiger partial charge in [0.2, 0.25) is 0 Å². The molecule has 86 valence electrons. The van der Waals surface area contributed by atoms with Crippen LogP contribution in [0.1, 0.15) is 39.2 Å². The minimum absolute atomic E-state index is 0.132. The molecular weight excluding hydrogens is 186 g/mol. The molecule has 1 aromatic heterocycles. The number of aromatic nitrogens is 2. The number of H-pyrrole nitrogens is 1. The predicted octanol–water partition coefficient (Wildman–Crippen LogP) is 2.14. The number of nitrogens with one attached hydrogen (secondary N) is 1. The summed E-state index contributed by atoms with van der Waals surface area (Å²) in [5.41, 5.74) is 7.06. The molecule has 15 heavy (non-hydrogen) atoms. The summed E-state index contributed by atoms with van der Waals surface area (Å²) in [6.07, 6.45) is 3.93. The van der Waals surface area contributed by atoms with Crippen molar-refractivity contribution in [3.05, 3.63) is 17.7 Å². The lowest BCUT2D eigenvalue weighted by molar-refractivity contribution is 0.369. The predicted molar refractivity (Wildman–Crippen MR) is 63.7 cm³/mol. The summed E-state index contributed by atoms with van der Waals surface area (Å²) in [4.78, 5) is 7.76. The molecule has 0 radical (unpaired) electrons. The van der Waals surface area contributed by atoms with Gasteiger partial charge in [0.15, 0.2) is 0 Å². The third kappa shape index (κ3) is 4.04. The molecule has 0 bridgehead atoms. The van der Waals surface area contributed by atoms with Crippen LogP contribution in [0.4, 0.5) is 0 Å². The van der Waals surface area contributed by atoms with Crippen LogP contribution in [0.2, 0.25) is 0 Å². The molecule has 3 heteroatoms. The van der Waals surface area contributed by atoms with Crippen molar-refractivity contribution in [2.24, 2.45) is 17.1 Å². The van der Waals surface area contributed by atoms with Crippen LogP contribution in [-0.2, 0) is 12.8 Å². The van der Waals surface area contributed by atoms with Crippen molar-refractivity contribution < 1.29 is 0 Å². The molecule has 1 aromatic rings. The topological polar surface area (TPSA) is 54.7 Å². The summed E-state index contributed by atoms with van der Waals surface area (Å²) < 4.78 is 0. The zero-order valence-electron chi connectivity index (χ0n) is 10.3. The third-order valence-corrected chi connectivity index (χ3v) is 2.51. The first-order chi connectivity index (χ1) is 6.93. The average molecular weight is 209 g/mol. The monoisotopic (exact) mass is 209 g/mol. The van der Waals surface area contributed by atoms with Gasteiger partial charge >= 0.3 is 0 Å². The van der Waals surface area contributed by atoms with Gasteiger partial charge in [0.05, 0.1) is 0 Å². The van der Waals surface area contributed by atoms with Gasteiger partial charge in [0.25, 0.3) is 0 Å². The Morgan fingerprint density at radius 2 is 2.13 bits per heavy atom. The maximum Gasteiger partial charge on any atom is 0.106 e. The smallest absolute Gasteiger partial charge is 0.106 e. The van der Waals surface area contributed by atoms with Crippen LogP contribution in [0, 0.1) is 11.3 Å². The van der Waals surface area contributed by atoms with E-state index in [0.29, 0.717) is 12.5 Å². The van der Waals surface area contributed by atoms with Crippen LogP contribution in [0.25, 0.3) is 0 Å². The van der Waals surface area contributed by atoms with Crippen molar-refractivity contribution in [2.75, 3.05) is 6.54 Å². The Morgan fingerprint density at radius 3 is 2.67 bits per heavy atom. The van der Waals surface area contributed by atoms with Crippen LogP contribution in [0.15, 0.2) is 6.20 Å². The molecule has 0 unspecified atom stereocenters. The lowest BCUT2D eigenvalue weighted by atomic mass is 9.89. The maximum atomic E-state index is 5.70. The van der Waals surface area contributed by atoms with Crippen molar-refractivity contribution in [3.63, 3.8) is 0 Å². The van der Waals surface area contributed by atoms with Crippen LogP contribution >= 0.6 is 0 Å². The Hall–Kier alpha value is -0.830. The number of nitrogens with two attached hydrogens (primary N) is 1. The third-order valence-electron chi connectivity index (χ3n) is 2.51. The fraction of sp³-hybridized carbons (Fsp3) is 0.750. The van der Waals surface area contributed by atoms with Crippen molar-refractivity contribution in [1.82, 2.24) is 9.97 Å². The van der Waals surface area contributed by atoms with E-state index in [1.165, 1.54) is 5.69 Å². The molecule has 0 saturated heterocycles. The number of aromatic amines is 1. The first-order valence-electron chi connectivity index (χ1n) is 5.66. The molecule has 0 atom stereocenters. The maximum absolute atomic E-state index is 5.70. The first kappa shape index (κ1) is 12.2. The van der Waals surface area contributed by atoms with Gasteiger partial charge < -0.3 is 10.7 Å². The van der Waals surface area contributed by atoms with E-state index < -0.39 is 0 Å². The molecule has 3 nitrogen and oxygen atoms in total. The van der Waals surface area contributed by atoms with E-state index in [1.54, 1.807) is 0 Å². The highest BCUT2D eigenvalue weighted by Crippen LogP contribution is 2.18. The van der Waals surface area contributed by atoms with Crippen LogP contribution in [0.5, 0.6) is 0 Å². The highest BCUT2D eigenvalue weighted by molar-refractivity contribution is 5.03. The molecule has 0 saturated carbocycles. The lowest BCUT2D eigenvalue weighted by Gasteiger charge is -2.20. The van der Waals surface area contributed by atoms with Crippen molar-refractivity contribution in [3.8, 4) is 0 Å². The molecule has 0 aliphatic rings. The van der Waals surface area contributed by atoms with E-state index in [9.17, 15) is 0 Å². The minimum atomic E-state index is 0.132. The summed E-state index contributed by atoms with van der Waals surface area (Å²) in [5, 5.41) is 0. The highest BCUT2D eigenvalue weighted by atomic mass is 14.9. The van der Waals surface area contributed by atoms with E-state index in [1.807, 2.05) is 6.20 Å². The number of imidazole rings is 1. The zero-order chi connectivity index (χ0) is 11.5. The quantitative estimate of drug-likeness (QED) is 0.780. The Bertz CT molecular complexity index is 300. The van der Waals surface area contributed by atoms with E-state index in [0.717, 1.165) is 18.7 Å². The van der Waals surface area contributed by atoms with Crippen molar-refractivity contribution in [1.29, 1.82) is 0 Å². The fourth-order valence-corrected chi connectivity index (χ4v) is 1.56. The molecule has 0 fully saturated rings. The van der Waals surface area contributed by atoms with Gasteiger partial charge in [0.1, 0.15) is 5.82 Å². The molecule has 0 aliphatic carbocycles. The average Bonchev–Trinajstić information content (AvgIpc) is 2.50. The normalized spacial score (nSPS) is 12.4. The summed E-state index contributed by atoms with van der Waals surface area (Å²) in [6.45, 7) is 9.44. The Labute approximate surface area is 92.5 Å². The molecule has 0 aromatic carbocycles. The lowest BCUT2D eigenvalue weighted by Crippen LogP contribution is -2.26. The van der Waals surface area contributed by atoms with E-state index in [-0.39, 0.29) is 5.41 Å². The number of hydrogen-bond donors (Lipinski definition) is 2. The second-order valence-corrected chi connectivity index (χ2v) is 5.50. The molecule has 3 N–H and O–H groups in total. The minimum Gasteiger partial charge on any atom is -0.346 e. The molecule has 0 aliphatic heterocycles. The van der Waals surface area contributed by atoms with Crippen LogP contribution in [-0.4, -0.2) is 16.5 Å². The summed E-state index contributed by atoms with van der Waals surface area (Å²) in [6, 6.07) is 0. The van der Waals surface area contributed by atoms with Crippen molar-refractivity contribution in [2.45, 2.75) is 40.5 Å². The van der Waals surface area contributed by atoms with Gasteiger partial charge in [-0.25, -0.2) is 4.98 Å². The molecule has 1 rings (SSSR count). The largest absolute Gasteiger partial charge is 0.346 e. The second kappa shape index (κ2) is 4.79. The Balaban J connectivity index is 2.60. The first-order valence-corrected chi connectivity index (χ1v) is 5.66. The van der Waals surface area contributed by atoms with Gasteiger partial charge in [-0.1, -0.05) is 27.7 Å². The standard InChI is InChI=1S/C12H23N3/c1-9(2)5-10-7-14-11(15-10)6-12(3,4)8-13/h7,9H,5-6,8,13H2,1-4H3,(H,14,15). The van der Waals surface area contributed by atoms with Gasteiger partial charge in [-0.15, -0.1) is 0 Å². The molecular formula is C12H23N3. The summed E-state index contributed by atoms with van der Waals surface area (Å²) in [7, 11) is 0. The highest BCUT2D eigenvalue weighted by Gasteiger charge is 2.18. The van der Waals surface area contributed by atoms with E-state index >= 15 is 0 Å². The molecule has 0 spiro atoms. The molecule has 1 heterocycles.